The number of oxazole rings is 1. The van der Waals surface area contributed by atoms with Crippen LogP contribution >= 0.6 is 0 Å². The fourth-order valence-electron chi connectivity index (χ4n) is 2.21. The third-order valence-corrected chi connectivity index (χ3v) is 3.13. The Labute approximate surface area is 100.0 Å². The maximum atomic E-state index is 5.98. The Kier molecular flexibility index (Phi) is 2.96. The first kappa shape index (κ1) is 10.6. The van der Waals surface area contributed by atoms with Crippen LogP contribution in [0.2, 0.25) is 0 Å². The highest BCUT2D eigenvalue weighted by Crippen LogP contribution is 2.22. The van der Waals surface area contributed by atoms with E-state index in [1.807, 2.05) is 18.2 Å². The largest absolute Gasteiger partial charge is 0.490 e. The summed E-state index contributed by atoms with van der Waals surface area (Å²) in [7, 11) is 0. The lowest BCUT2D eigenvalue weighted by molar-refractivity contribution is 0.187. The van der Waals surface area contributed by atoms with Crippen molar-refractivity contribution in [2.45, 2.75) is 25.4 Å². The van der Waals surface area contributed by atoms with Gasteiger partial charge in [-0.05, 0) is 44.5 Å². The molecule has 1 aromatic heterocycles. The Bertz CT molecular complexity index is 487. The summed E-state index contributed by atoms with van der Waals surface area (Å²) in [5, 5.41) is 3.38. The van der Waals surface area contributed by atoms with Crippen LogP contribution in [0, 0.1) is 0 Å². The van der Waals surface area contributed by atoms with Crippen LogP contribution < -0.4 is 10.1 Å². The predicted octanol–water partition coefficient (Wildman–Crippen LogP) is 2.35. The number of ether oxygens (including phenoxy) is 1. The molecule has 2 aromatic rings. The molecule has 0 saturated carbocycles. The first-order valence-corrected chi connectivity index (χ1v) is 6.12. The van der Waals surface area contributed by atoms with E-state index in [0.29, 0.717) is 6.10 Å². The van der Waals surface area contributed by atoms with Gasteiger partial charge >= 0.3 is 0 Å². The first-order chi connectivity index (χ1) is 8.42. The van der Waals surface area contributed by atoms with Crippen molar-refractivity contribution in [1.29, 1.82) is 0 Å². The van der Waals surface area contributed by atoms with Gasteiger partial charge in [-0.1, -0.05) is 0 Å². The van der Waals surface area contributed by atoms with Gasteiger partial charge < -0.3 is 14.5 Å². The minimum absolute atomic E-state index is 0.311. The Morgan fingerprint density at radius 1 is 1.29 bits per heavy atom. The van der Waals surface area contributed by atoms with E-state index >= 15 is 0 Å². The molecule has 1 saturated heterocycles. The van der Waals surface area contributed by atoms with Crippen LogP contribution in [-0.4, -0.2) is 24.2 Å². The average Bonchev–Trinajstić information content (AvgIpc) is 2.65. The molecule has 0 bridgehead atoms. The van der Waals surface area contributed by atoms with Gasteiger partial charge in [-0.2, -0.15) is 0 Å². The van der Waals surface area contributed by atoms with E-state index in [2.05, 4.69) is 10.3 Å². The van der Waals surface area contributed by atoms with Gasteiger partial charge in [-0.3, -0.25) is 0 Å². The van der Waals surface area contributed by atoms with Crippen LogP contribution in [-0.2, 0) is 0 Å². The maximum Gasteiger partial charge on any atom is 0.181 e. The second-order valence-corrected chi connectivity index (χ2v) is 4.40. The fourth-order valence-corrected chi connectivity index (χ4v) is 2.21. The molecule has 4 nitrogen and oxygen atoms in total. The molecule has 0 aliphatic carbocycles. The summed E-state index contributed by atoms with van der Waals surface area (Å²) >= 11 is 0. The first-order valence-electron chi connectivity index (χ1n) is 6.12. The molecule has 1 N–H and O–H groups in total. The van der Waals surface area contributed by atoms with Gasteiger partial charge in [0.15, 0.2) is 12.0 Å². The molecule has 1 aliphatic heterocycles. The zero-order chi connectivity index (χ0) is 11.5. The van der Waals surface area contributed by atoms with Crippen molar-refractivity contribution < 1.29 is 9.15 Å². The van der Waals surface area contributed by atoms with Crippen molar-refractivity contribution in [2.24, 2.45) is 0 Å². The van der Waals surface area contributed by atoms with E-state index < -0.39 is 0 Å². The second-order valence-electron chi connectivity index (χ2n) is 4.40. The maximum absolute atomic E-state index is 5.98. The van der Waals surface area contributed by atoms with E-state index in [-0.39, 0.29) is 0 Å². The van der Waals surface area contributed by atoms with Crippen molar-refractivity contribution >= 4 is 11.1 Å². The van der Waals surface area contributed by atoms with E-state index in [9.17, 15) is 0 Å². The Balaban J connectivity index is 1.74. The lowest BCUT2D eigenvalue weighted by Gasteiger charge is -2.16. The molecule has 0 amide bonds. The van der Waals surface area contributed by atoms with Gasteiger partial charge in [0.1, 0.15) is 11.3 Å². The highest BCUT2D eigenvalue weighted by molar-refractivity contribution is 5.73. The van der Waals surface area contributed by atoms with Crippen molar-refractivity contribution in [3.05, 3.63) is 24.6 Å². The van der Waals surface area contributed by atoms with Gasteiger partial charge in [-0.25, -0.2) is 4.98 Å². The molecule has 1 aromatic carbocycles. The van der Waals surface area contributed by atoms with Crippen LogP contribution in [0.15, 0.2) is 29.0 Å². The second kappa shape index (κ2) is 4.75. The van der Waals surface area contributed by atoms with E-state index in [1.165, 1.54) is 12.8 Å². The van der Waals surface area contributed by atoms with E-state index in [4.69, 9.17) is 9.15 Å². The summed E-state index contributed by atoms with van der Waals surface area (Å²) in [6.07, 6.45) is 5.13. The Hall–Kier alpha value is -1.55. The molecular formula is C13H16N2O2. The van der Waals surface area contributed by atoms with Crippen molar-refractivity contribution in [3.63, 3.8) is 0 Å². The highest BCUT2D eigenvalue weighted by atomic mass is 16.5. The Morgan fingerprint density at radius 2 is 2.29 bits per heavy atom. The lowest BCUT2D eigenvalue weighted by Crippen LogP contribution is -2.19. The lowest BCUT2D eigenvalue weighted by atomic mass is 10.1. The van der Waals surface area contributed by atoms with Gasteiger partial charge in [0.05, 0.1) is 6.10 Å². The zero-order valence-electron chi connectivity index (χ0n) is 9.69. The Morgan fingerprint density at radius 3 is 3.29 bits per heavy atom. The molecule has 1 atom stereocenters. The number of benzene rings is 1. The third-order valence-electron chi connectivity index (χ3n) is 3.13. The standard InChI is InChI=1S/C13H16N2O2/c1-2-10(5-7-14-6-1)17-11-3-4-12-13(8-11)16-9-15-12/h3-4,8-10,14H,1-2,5-7H2. The normalized spacial score (nSPS) is 21.3. The van der Waals surface area contributed by atoms with Crippen molar-refractivity contribution in [3.8, 4) is 5.75 Å². The van der Waals surface area contributed by atoms with Gasteiger partial charge in [0.2, 0.25) is 0 Å². The summed E-state index contributed by atoms with van der Waals surface area (Å²) in [6, 6.07) is 5.81. The minimum atomic E-state index is 0.311. The minimum Gasteiger partial charge on any atom is -0.490 e. The zero-order valence-corrected chi connectivity index (χ0v) is 9.69. The quantitative estimate of drug-likeness (QED) is 0.863. The molecule has 1 aliphatic rings. The molecule has 17 heavy (non-hydrogen) atoms. The fraction of sp³-hybridized carbons (Fsp3) is 0.462. The molecule has 1 unspecified atom stereocenters. The SMILES string of the molecule is c1nc2ccc(OC3CCCNCC3)cc2o1. The molecule has 90 valence electrons. The summed E-state index contributed by atoms with van der Waals surface area (Å²) < 4.78 is 11.3. The number of hydrogen-bond donors (Lipinski definition) is 1. The number of aromatic nitrogens is 1. The average molecular weight is 232 g/mol. The molecule has 3 rings (SSSR count). The van der Waals surface area contributed by atoms with Crippen molar-refractivity contribution in [1.82, 2.24) is 10.3 Å². The van der Waals surface area contributed by atoms with Crippen LogP contribution in [0.4, 0.5) is 0 Å². The summed E-state index contributed by atoms with van der Waals surface area (Å²) in [5.41, 5.74) is 1.66. The van der Waals surface area contributed by atoms with Gasteiger partial charge in [0, 0.05) is 6.07 Å². The van der Waals surface area contributed by atoms with Crippen LogP contribution in [0.1, 0.15) is 19.3 Å². The van der Waals surface area contributed by atoms with Crippen LogP contribution in [0.5, 0.6) is 5.75 Å². The third kappa shape index (κ3) is 2.42. The van der Waals surface area contributed by atoms with E-state index in [0.717, 1.165) is 42.8 Å². The van der Waals surface area contributed by atoms with Crippen LogP contribution in [0.3, 0.4) is 0 Å². The van der Waals surface area contributed by atoms with Crippen molar-refractivity contribution in [2.75, 3.05) is 13.1 Å². The predicted molar refractivity (Wildman–Crippen MR) is 65.1 cm³/mol. The summed E-state index contributed by atoms with van der Waals surface area (Å²) in [6.45, 7) is 2.14. The number of nitrogens with zero attached hydrogens (tertiary/aromatic N) is 1. The highest BCUT2D eigenvalue weighted by Gasteiger charge is 2.13. The van der Waals surface area contributed by atoms with Crippen LogP contribution in [0.25, 0.3) is 11.1 Å². The van der Waals surface area contributed by atoms with Gasteiger partial charge in [0.25, 0.3) is 0 Å². The number of fused-ring (bicyclic) bond motifs is 1. The summed E-state index contributed by atoms with van der Waals surface area (Å²) in [4.78, 5) is 4.09. The molecule has 1 fully saturated rings. The number of rotatable bonds is 2. The molecular weight excluding hydrogens is 216 g/mol. The topological polar surface area (TPSA) is 47.3 Å². The molecule has 0 spiro atoms. The van der Waals surface area contributed by atoms with E-state index in [1.54, 1.807) is 0 Å². The molecule has 0 radical (unpaired) electrons. The number of nitrogens with one attached hydrogen (secondary N) is 1. The number of hydrogen-bond acceptors (Lipinski definition) is 4. The molecule has 4 heteroatoms. The smallest absolute Gasteiger partial charge is 0.181 e. The monoisotopic (exact) mass is 232 g/mol. The molecule has 2 heterocycles. The van der Waals surface area contributed by atoms with Gasteiger partial charge in [-0.15, -0.1) is 0 Å². The summed E-state index contributed by atoms with van der Waals surface area (Å²) in [5.74, 6) is 0.876.